The first-order chi connectivity index (χ1) is 13.9. The summed E-state index contributed by atoms with van der Waals surface area (Å²) in [6, 6.07) is 9.41. The highest BCUT2D eigenvalue weighted by atomic mass is 19.3. The number of benzene rings is 2. The van der Waals surface area contributed by atoms with E-state index >= 15 is 0 Å². The van der Waals surface area contributed by atoms with Crippen LogP contribution >= 0.6 is 0 Å². The Balaban J connectivity index is 1.74. The third kappa shape index (κ3) is 7.60. The number of amides is 1. The van der Waals surface area contributed by atoms with Crippen LogP contribution in [-0.2, 0) is 20.9 Å². The summed E-state index contributed by atoms with van der Waals surface area (Å²) in [5.74, 6) is -1.81. The van der Waals surface area contributed by atoms with Crippen LogP contribution in [0, 0.1) is 5.82 Å². The van der Waals surface area contributed by atoms with Gasteiger partial charge in [-0.25, -0.2) is 9.18 Å². The second-order valence-electron chi connectivity index (χ2n) is 5.55. The van der Waals surface area contributed by atoms with Crippen molar-refractivity contribution in [3.63, 3.8) is 0 Å². The Kier molecular flexibility index (Phi) is 8.13. The van der Waals surface area contributed by atoms with Crippen LogP contribution in [0.5, 0.6) is 17.2 Å². The van der Waals surface area contributed by atoms with Crippen molar-refractivity contribution in [2.75, 3.05) is 20.3 Å². The number of methoxy groups -OCH3 is 1. The average molecular weight is 413 g/mol. The molecule has 2 rings (SSSR count). The minimum absolute atomic E-state index is 0.0431. The van der Waals surface area contributed by atoms with E-state index in [0.717, 1.165) is 6.07 Å². The number of alkyl halides is 2. The molecule has 0 radical (unpaired) electrons. The van der Waals surface area contributed by atoms with Gasteiger partial charge in [0, 0.05) is 12.6 Å². The average Bonchev–Trinajstić information content (AvgIpc) is 2.69. The molecule has 1 amide bonds. The number of esters is 1. The Bertz CT molecular complexity index is 846. The SMILES string of the molecule is COc1cc(CNC(=O)COC(=O)COc2cccc(F)c2)ccc1OC(F)F. The van der Waals surface area contributed by atoms with Crippen molar-refractivity contribution >= 4 is 11.9 Å². The van der Waals surface area contributed by atoms with Crippen molar-refractivity contribution in [1.82, 2.24) is 5.32 Å². The van der Waals surface area contributed by atoms with E-state index in [9.17, 15) is 22.8 Å². The maximum absolute atomic E-state index is 13.0. The summed E-state index contributed by atoms with van der Waals surface area (Å²) in [6.45, 7) is -3.98. The van der Waals surface area contributed by atoms with E-state index in [2.05, 4.69) is 10.1 Å². The maximum atomic E-state index is 13.0. The van der Waals surface area contributed by atoms with Crippen LogP contribution in [0.1, 0.15) is 5.56 Å². The van der Waals surface area contributed by atoms with Gasteiger partial charge in [-0.15, -0.1) is 0 Å². The Morgan fingerprint density at radius 1 is 1.07 bits per heavy atom. The minimum Gasteiger partial charge on any atom is -0.493 e. The Labute approximate surface area is 164 Å². The highest BCUT2D eigenvalue weighted by molar-refractivity contribution is 5.80. The molecule has 0 bridgehead atoms. The molecule has 0 aromatic heterocycles. The second kappa shape index (κ2) is 10.8. The van der Waals surface area contributed by atoms with E-state index < -0.39 is 37.5 Å². The van der Waals surface area contributed by atoms with Gasteiger partial charge in [-0.05, 0) is 29.8 Å². The predicted octanol–water partition coefficient (Wildman–Crippen LogP) is 2.67. The monoisotopic (exact) mass is 413 g/mol. The van der Waals surface area contributed by atoms with Crippen molar-refractivity contribution < 1.29 is 41.7 Å². The molecule has 0 aliphatic carbocycles. The first-order valence-electron chi connectivity index (χ1n) is 8.30. The zero-order valence-corrected chi connectivity index (χ0v) is 15.3. The summed E-state index contributed by atoms with van der Waals surface area (Å²) in [5, 5.41) is 2.50. The molecule has 0 atom stereocenters. The smallest absolute Gasteiger partial charge is 0.387 e. The fourth-order valence-corrected chi connectivity index (χ4v) is 2.15. The van der Waals surface area contributed by atoms with Gasteiger partial charge in [-0.1, -0.05) is 12.1 Å². The number of hydrogen-bond donors (Lipinski definition) is 1. The summed E-state index contributed by atoms with van der Waals surface area (Å²) in [6.07, 6.45) is 0. The highest BCUT2D eigenvalue weighted by Crippen LogP contribution is 2.29. The van der Waals surface area contributed by atoms with Crippen molar-refractivity contribution in [3.05, 3.63) is 53.8 Å². The third-order valence-electron chi connectivity index (χ3n) is 3.45. The van der Waals surface area contributed by atoms with Gasteiger partial charge in [0.05, 0.1) is 7.11 Å². The van der Waals surface area contributed by atoms with Crippen LogP contribution in [0.2, 0.25) is 0 Å². The zero-order chi connectivity index (χ0) is 21.2. The number of rotatable bonds is 10. The van der Waals surface area contributed by atoms with E-state index in [4.69, 9.17) is 14.2 Å². The summed E-state index contributed by atoms with van der Waals surface area (Å²) in [7, 11) is 1.29. The van der Waals surface area contributed by atoms with Crippen LogP contribution in [-0.4, -0.2) is 38.8 Å². The quantitative estimate of drug-likeness (QED) is 0.603. The number of carbonyl (C=O) groups excluding carboxylic acids is 2. The van der Waals surface area contributed by atoms with Crippen LogP contribution in [0.15, 0.2) is 42.5 Å². The van der Waals surface area contributed by atoms with Gasteiger partial charge in [-0.2, -0.15) is 8.78 Å². The van der Waals surface area contributed by atoms with Crippen LogP contribution < -0.4 is 19.5 Å². The lowest BCUT2D eigenvalue weighted by molar-refractivity contribution is -0.150. The second-order valence-corrected chi connectivity index (χ2v) is 5.55. The molecule has 0 saturated carbocycles. The maximum Gasteiger partial charge on any atom is 0.387 e. The van der Waals surface area contributed by atoms with Gasteiger partial charge in [0.25, 0.3) is 5.91 Å². The Morgan fingerprint density at radius 3 is 2.55 bits per heavy atom. The van der Waals surface area contributed by atoms with Crippen molar-refractivity contribution in [2.45, 2.75) is 13.2 Å². The zero-order valence-electron chi connectivity index (χ0n) is 15.3. The molecule has 0 spiro atoms. The highest BCUT2D eigenvalue weighted by Gasteiger charge is 2.12. The molecule has 0 aliphatic heterocycles. The van der Waals surface area contributed by atoms with Gasteiger partial charge in [0.1, 0.15) is 11.6 Å². The number of halogens is 3. The predicted molar refractivity (Wildman–Crippen MR) is 94.3 cm³/mol. The van der Waals surface area contributed by atoms with Crippen LogP contribution in [0.4, 0.5) is 13.2 Å². The summed E-state index contributed by atoms with van der Waals surface area (Å²) >= 11 is 0. The molecule has 0 aliphatic rings. The molecule has 10 heteroatoms. The lowest BCUT2D eigenvalue weighted by atomic mass is 10.2. The Hall–Kier alpha value is -3.43. The summed E-state index contributed by atoms with van der Waals surface area (Å²) in [4.78, 5) is 23.3. The lowest BCUT2D eigenvalue weighted by Gasteiger charge is -2.12. The van der Waals surface area contributed by atoms with Gasteiger partial charge in [0.15, 0.2) is 24.7 Å². The van der Waals surface area contributed by atoms with Crippen molar-refractivity contribution in [2.24, 2.45) is 0 Å². The molecule has 29 heavy (non-hydrogen) atoms. The van der Waals surface area contributed by atoms with Gasteiger partial charge >= 0.3 is 12.6 Å². The molecular formula is C19H18F3NO6. The summed E-state index contributed by atoms with van der Waals surface area (Å²) < 4.78 is 56.7. The van der Waals surface area contributed by atoms with Gasteiger partial charge in [-0.3, -0.25) is 4.79 Å². The fraction of sp³-hybridized carbons (Fsp3) is 0.263. The normalized spacial score (nSPS) is 10.4. The number of ether oxygens (including phenoxy) is 4. The molecule has 0 heterocycles. The van der Waals surface area contributed by atoms with E-state index in [1.54, 1.807) is 0 Å². The Morgan fingerprint density at radius 2 is 1.86 bits per heavy atom. The topological polar surface area (TPSA) is 83.1 Å². The van der Waals surface area contributed by atoms with E-state index in [1.165, 1.54) is 43.5 Å². The standard InChI is InChI=1S/C19H18F3NO6/c1-26-16-7-12(5-6-15(16)29-19(21)22)9-23-17(24)10-28-18(25)11-27-14-4-2-3-13(20)8-14/h2-8,19H,9-11H2,1H3,(H,23,24). The first-order valence-corrected chi connectivity index (χ1v) is 8.30. The molecule has 0 unspecified atom stereocenters. The van der Waals surface area contributed by atoms with Crippen LogP contribution in [0.25, 0.3) is 0 Å². The lowest BCUT2D eigenvalue weighted by Crippen LogP contribution is -2.29. The minimum atomic E-state index is -2.99. The molecule has 0 fully saturated rings. The molecule has 0 saturated heterocycles. The first kappa shape index (κ1) is 21.9. The number of nitrogens with one attached hydrogen (secondary N) is 1. The van der Waals surface area contributed by atoms with Crippen molar-refractivity contribution in [3.8, 4) is 17.2 Å². The van der Waals surface area contributed by atoms with E-state index in [0.29, 0.717) is 5.56 Å². The fourth-order valence-electron chi connectivity index (χ4n) is 2.15. The van der Waals surface area contributed by atoms with E-state index in [1.807, 2.05) is 0 Å². The van der Waals surface area contributed by atoms with Crippen LogP contribution in [0.3, 0.4) is 0 Å². The van der Waals surface area contributed by atoms with Gasteiger partial charge < -0.3 is 24.3 Å². The molecule has 2 aromatic carbocycles. The molecule has 156 valence electrons. The van der Waals surface area contributed by atoms with E-state index in [-0.39, 0.29) is 23.8 Å². The molecule has 2 aromatic rings. The number of hydrogen-bond acceptors (Lipinski definition) is 6. The third-order valence-corrected chi connectivity index (χ3v) is 3.45. The van der Waals surface area contributed by atoms with Crippen molar-refractivity contribution in [1.29, 1.82) is 0 Å². The van der Waals surface area contributed by atoms with Gasteiger partial charge in [0.2, 0.25) is 0 Å². The molecular weight excluding hydrogens is 395 g/mol. The summed E-state index contributed by atoms with van der Waals surface area (Å²) in [5.41, 5.74) is 0.553. The number of carbonyl (C=O) groups is 2. The largest absolute Gasteiger partial charge is 0.493 e. The molecule has 1 N–H and O–H groups in total. The molecule has 7 nitrogen and oxygen atoms in total.